The van der Waals surface area contributed by atoms with E-state index >= 15 is 0 Å². The maximum Gasteiger partial charge on any atom is 0.573 e. The summed E-state index contributed by atoms with van der Waals surface area (Å²) in [6.07, 6.45) is -4.75. The van der Waals surface area contributed by atoms with E-state index in [1.54, 1.807) is 12.1 Å². The number of halogens is 4. The van der Waals surface area contributed by atoms with Gasteiger partial charge in [0.25, 0.3) is 0 Å². The highest BCUT2D eigenvalue weighted by atomic mass is 79.9. The van der Waals surface area contributed by atoms with Crippen LogP contribution in [-0.4, -0.2) is 18.6 Å². The van der Waals surface area contributed by atoms with Crippen molar-refractivity contribution in [2.24, 2.45) is 5.73 Å². The van der Waals surface area contributed by atoms with E-state index in [-0.39, 0.29) is 17.2 Å². The van der Waals surface area contributed by atoms with Gasteiger partial charge in [0.05, 0.1) is 13.2 Å². The molecule has 2 aromatic carbocycles. The lowest BCUT2D eigenvalue weighted by molar-refractivity contribution is -0.274. The molecule has 0 aliphatic rings. The number of aromatic hydroxyl groups is 1. The van der Waals surface area contributed by atoms with Crippen molar-refractivity contribution in [1.29, 1.82) is 0 Å². The fourth-order valence-corrected chi connectivity index (χ4v) is 2.63. The molecule has 0 fully saturated rings. The van der Waals surface area contributed by atoms with E-state index in [4.69, 9.17) is 10.5 Å². The molecule has 3 N–H and O–H groups in total. The fraction of sp³-hybridized carbons (Fsp3) is 0.200. The highest BCUT2D eigenvalue weighted by Gasteiger charge is 2.31. The average Bonchev–Trinajstić information content (AvgIpc) is 2.46. The number of hydrogen-bond acceptors (Lipinski definition) is 4. The van der Waals surface area contributed by atoms with Gasteiger partial charge in [0.1, 0.15) is 5.75 Å². The summed E-state index contributed by atoms with van der Waals surface area (Å²) in [6.45, 7) is 0. The molecule has 4 nitrogen and oxygen atoms in total. The van der Waals surface area contributed by atoms with Crippen LogP contribution >= 0.6 is 15.9 Å². The van der Waals surface area contributed by atoms with Gasteiger partial charge >= 0.3 is 6.36 Å². The standard InChI is InChI=1S/C15H13BrF3NO3/c1-22-11-7-6-10(16)12(14(11)21)13(20)8-2-4-9(5-3-8)23-15(17,18)19/h2-7,13,21H,20H2,1H3/t13-/m1/s1. The van der Waals surface area contributed by atoms with Gasteiger partial charge in [0.2, 0.25) is 0 Å². The van der Waals surface area contributed by atoms with Gasteiger partial charge in [-0.1, -0.05) is 28.1 Å². The molecule has 0 saturated heterocycles. The number of hydrogen-bond donors (Lipinski definition) is 2. The average molecular weight is 392 g/mol. The van der Waals surface area contributed by atoms with Crippen molar-refractivity contribution in [3.05, 3.63) is 52.0 Å². The number of alkyl halides is 3. The van der Waals surface area contributed by atoms with E-state index in [0.29, 0.717) is 15.6 Å². The summed E-state index contributed by atoms with van der Waals surface area (Å²) in [5, 5.41) is 10.2. The second-order valence-corrected chi connectivity index (χ2v) is 5.46. The number of rotatable bonds is 4. The second kappa shape index (κ2) is 6.67. The summed E-state index contributed by atoms with van der Waals surface area (Å²) in [6, 6.07) is 7.58. The molecule has 0 bridgehead atoms. The van der Waals surface area contributed by atoms with Gasteiger partial charge in [-0.2, -0.15) is 0 Å². The van der Waals surface area contributed by atoms with Gasteiger partial charge < -0.3 is 20.3 Å². The van der Waals surface area contributed by atoms with Crippen molar-refractivity contribution in [3.8, 4) is 17.2 Å². The largest absolute Gasteiger partial charge is 0.573 e. The highest BCUT2D eigenvalue weighted by Crippen LogP contribution is 2.40. The molecule has 0 spiro atoms. The quantitative estimate of drug-likeness (QED) is 0.822. The molecule has 0 aromatic heterocycles. The maximum atomic E-state index is 12.2. The van der Waals surface area contributed by atoms with Crippen molar-refractivity contribution in [3.63, 3.8) is 0 Å². The molecule has 0 aliphatic carbocycles. The van der Waals surface area contributed by atoms with Crippen LogP contribution in [0.25, 0.3) is 0 Å². The van der Waals surface area contributed by atoms with Crippen LogP contribution in [0.1, 0.15) is 17.2 Å². The first kappa shape index (κ1) is 17.4. The Morgan fingerprint density at radius 2 is 1.74 bits per heavy atom. The first-order chi connectivity index (χ1) is 10.7. The number of phenolic OH excluding ortho intramolecular Hbond substituents is 1. The van der Waals surface area contributed by atoms with Crippen LogP contribution in [0, 0.1) is 0 Å². The molecule has 0 amide bonds. The fourth-order valence-electron chi connectivity index (χ4n) is 2.07. The summed E-state index contributed by atoms with van der Waals surface area (Å²) < 4.78 is 45.9. The number of nitrogens with two attached hydrogens (primary N) is 1. The van der Waals surface area contributed by atoms with Gasteiger partial charge in [-0.15, -0.1) is 13.2 Å². The minimum atomic E-state index is -4.75. The zero-order chi connectivity index (χ0) is 17.2. The Hall–Kier alpha value is -1.93. The van der Waals surface area contributed by atoms with E-state index in [1.165, 1.54) is 19.2 Å². The molecule has 0 heterocycles. The van der Waals surface area contributed by atoms with Gasteiger partial charge in [-0.3, -0.25) is 0 Å². The van der Waals surface area contributed by atoms with Gasteiger partial charge in [0.15, 0.2) is 11.5 Å². The van der Waals surface area contributed by atoms with Crippen LogP contribution in [0.4, 0.5) is 13.2 Å². The Balaban J connectivity index is 2.32. The van der Waals surface area contributed by atoms with Gasteiger partial charge in [-0.25, -0.2) is 0 Å². The zero-order valence-corrected chi connectivity index (χ0v) is 13.5. The molecule has 0 saturated carbocycles. The summed E-state index contributed by atoms with van der Waals surface area (Å²) in [4.78, 5) is 0. The van der Waals surface area contributed by atoms with Crippen LogP contribution in [-0.2, 0) is 0 Å². The molecular weight excluding hydrogens is 379 g/mol. The Bertz CT molecular complexity index is 690. The molecule has 0 unspecified atom stereocenters. The van der Waals surface area contributed by atoms with Crippen molar-refractivity contribution in [1.82, 2.24) is 0 Å². The molecule has 0 aliphatic heterocycles. The van der Waals surface area contributed by atoms with Gasteiger partial charge in [0, 0.05) is 10.0 Å². The summed E-state index contributed by atoms with van der Waals surface area (Å²) in [7, 11) is 1.40. The SMILES string of the molecule is COc1ccc(Br)c([C@H](N)c2ccc(OC(F)(F)F)cc2)c1O. The minimum Gasteiger partial charge on any atom is -0.504 e. The van der Waals surface area contributed by atoms with Gasteiger partial charge in [-0.05, 0) is 29.8 Å². The number of methoxy groups -OCH3 is 1. The Kier molecular flexibility index (Phi) is 5.06. The molecular formula is C15H13BrF3NO3. The van der Waals surface area contributed by atoms with E-state index < -0.39 is 12.4 Å². The van der Waals surface area contributed by atoms with E-state index in [0.717, 1.165) is 12.1 Å². The topological polar surface area (TPSA) is 64.7 Å². The Labute approximate surface area is 138 Å². The van der Waals surface area contributed by atoms with Crippen molar-refractivity contribution < 1.29 is 27.8 Å². The third-order valence-corrected chi connectivity index (χ3v) is 3.82. The molecule has 2 aromatic rings. The Morgan fingerprint density at radius 1 is 1.13 bits per heavy atom. The van der Waals surface area contributed by atoms with Crippen LogP contribution < -0.4 is 15.2 Å². The molecule has 1 atom stereocenters. The predicted octanol–water partition coefficient (Wildman–Crippen LogP) is 4.11. The first-order valence-electron chi connectivity index (χ1n) is 6.39. The molecule has 2 rings (SSSR count). The number of phenols is 1. The Morgan fingerprint density at radius 3 is 2.26 bits per heavy atom. The predicted molar refractivity (Wildman–Crippen MR) is 81.5 cm³/mol. The number of ether oxygens (including phenoxy) is 2. The third-order valence-electron chi connectivity index (χ3n) is 3.13. The molecule has 8 heteroatoms. The van der Waals surface area contributed by atoms with Crippen LogP contribution in [0.2, 0.25) is 0 Å². The second-order valence-electron chi connectivity index (χ2n) is 4.61. The maximum absolute atomic E-state index is 12.2. The van der Waals surface area contributed by atoms with Crippen molar-refractivity contribution >= 4 is 15.9 Å². The molecule has 23 heavy (non-hydrogen) atoms. The number of benzene rings is 2. The summed E-state index contributed by atoms with van der Waals surface area (Å²) >= 11 is 3.29. The summed E-state index contributed by atoms with van der Waals surface area (Å²) in [5.74, 6) is -0.233. The highest BCUT2D eigenvalue weighted by molar-refractivity contribution is 9.10. The van der Waals surface area contributed by atoms with E-state index in [9.17, 15) is 18.3 Å². The van der Waals surface area contributed by atoms with Crippen LogP contribution in [0.3, 0.4) is 0 Å². The monoisotopic (exact) mass is 391 g/mol. The van der Waals surface area contributed by atoms with Crippen molar-refractivity contribution in [2.75, 3.05) is 7.11 Å². The lowest BCUT2D eigenvalue weighted by atomic mass is 9.98. The normalized spacial score (nSPS) is 12.8. The minimum absolute atomic E-state index is 0.134. The third kappa shape index (κ3) is 4.08. The molecule has 124 valence electrons. The first-order valence-corrected chi connectivity index (χ1v) is 7.19. The van der Waals surface area contributed by atoms with Crippen LogP contribution in [0.15, 0.2) is 40.9 Å². The lowest BCUT2D eigenvalue weighted by Gasteiger charge is -2.18. The summed E-state index contributed by atoms with van der Waals surface area (Å²) in [5.41, 5.74) is 6.98. The smallest absolute Gasteiger partial charge is 0.504 e. The van der Waals surface area contributed by atoms with E-state index in [2.05, 4.69) is 20.7 Å². The van der Waals surface area contributed by atoms with E-state index in [1.807, 2.05) is 0 Å². The zero-order valence-electron chi connectivity index (χ0n) is 11.9. The van der Waals surface area contributed by atoms with Crippen LogP contribution in [0.5, 0.6) is 17.2 Å². The lowest BCUT2D eigenvalue weighted by Crippen LogP contribution is -2.17. The van der Waals surface area contributed by atoms with Crippen molar-refractivity contribution in [2.45, 2.75) is 12.4 Å². The molecule has 0 radical (unpaired) electrons.